The second kappa shape index (κ2) is 8.46. The number of carbonyl (C=O) groups is 1. The summed E-state index contributed by atoms with van der Waals surface area (Å²) in [5, 5.41) is 6.41. The molecular weight excluding hydrogens is 280 g/mol. The van der Waals surface area contributed by atoms with Crippen molar-refractivity contribution in [2.24, 2.45) is 0 Å². The van der Waals surface area contributed by atoms with E-state index in [1.54, 1.807) is 11.8 Å². The molecule has 2 N–H and O–H groups in total. The first kappa shape index (κ1) is 16.3. The first-order chi connectivity index (χ1) is 8.79. The normalized spacial score (nSPS) is 17.8. The number of hydrogen-bond donors (Lipinski definition) is 2. The fourth-order valence-electron chi connectivity index (χ4n) is 2.21. The van der Waals surface area contributed by atoms with E-state index < -0.39 is 0 Å². The van der Waals surface area contributed by atoms with Crippen LogP contribution in [0.1, 0.15) is 29.6 Å². The van der Waals surface area contributed by atoms with Crippen LogP contribution < -0.4 is 10.6 Å². The summed E-state index contributed by atoms with van der Waals surface area (Å²) in [4.78, 5) is 13.1. The first-order valence-electron chi connectivity index (χ1n) is 6.45. The molecule has 2 rings (SSSR count). The molecule has 106 valence electrons. The van der Waals surface area contributed by atoms with E-state index in [0.29, 0.717) is 6.04 Å². The van der Waals surface area contributed by atoms with Gasteiger partial charge in [-0.3, -0.25) is 4.79 Å². The molecule has 1 aromatic rings. The van der Waals surface area contributed by atoms with Gasteiger partial charge in [0.15, 0.2) is 0 Å². The molecule has 0 unspecified atom stereocenters. The molecule has 1 aliphatic rings. The van der Waals surface area contributed by atoms with E-state index in [0.717, 1.165) is 25.1 Å². The summed E-state index contributed by atoms with van der Waals surface area (Å²) in [5.41, 5.74) is 0.743. The lowest BCUT2D eigenvalue weighted by molar-refractivity contribution is 0.0952. The summed E-state index contributed by atoms with van der Waals surface area (Å²) in [5.74, 6) is 0.0284. The SMILES string of the molecule is CSc1ccc(C(=O)NCC[C@H]2CCCN2)cc1.Cl. The highest BCUT2D eigenvalue weighted by atomic mass is 35.5. The maximum atomic E-state index is 11.9. The highest BCUT2D eigenvalue weighted by Crippen LogP contribution is 2.14. The number of thioether (sulfide) groups is 1. The van der Waals surface area contributed by atoms with Gasteiger partial charge in [0.2, 0.25) is 0 Å². The molecule has 3 nitrogen and oxygen atoms in total. The second-order valence-electron chi connectivity index (χ2n) is 4.57. The number of benzene rings is 1. The third-order valence-electron chi connectivity index (χ3n) is 3.29. The van der Waals surface area contributed by atoms with Gasteiger partial charge in [-0.05, 0) is 56.3 Å². The fourth-order valence-corrected chi connectivity index (χ4v) is 2.62. The molecule has 1 saturated heterocycles. The van der Waals surface area contributed by atoms with Gasteiger partial charge >= 0.3 is 0 Å². The quantitative estimate of drug-likeness (QED) is 0.822. The Bertz CT molecular complexity index is 391. The maximum Gasteiger partial charge on any atom is 0.251 e. The average Bonchev–Trinajstić information content (AvgIpc) is 2.92. The van der Waals surface area contributed by atoms with Gasteiger partial charge in [0.1, 0.15) is 0 Å². The molecule has 0 aliphatic carbocycles. The van der Waals surface area contributed by atoms with Crippen LogP contribution in [0.25, 0.3) is 0 Å². The van der Waals surface area contributed by atoms with E-state index >= 15 is 0 Å². The van der Waals surface area contributed by atoms with Crippen molar-refractivity contribution in [1.29, 1.82) is 0 Å². The van der Waals surface area contributed by atoms with Crippen LogP contribution in [0.3, 0.4) is 0 Å². The van der Waals surface area contributed by atoms with E-state index in [-0.39, 0.29) is 18.3 Å². The third kappa shape index (κ3) is 5.05. The van der Waals surface area contributed by atoms with Crippen LogP contribution in [0.4, 0.5) is 0 Å². The highest BCUT2D eigenvalue weighted by molar-refractivity contribution is 7.98. The number of hydrogen-bond acceptors (Lipinski definition) is 3. The van der Waals surface area contributed by atoms with Crippen molar-refractivity contribution in [3.05, 3.63) is 29.8 Å². The molecule has 1 atom stereocenters. The smallest absolute Gasteiger partial charge is 0.251 e. The molecule has 1 heterocycles. The summed E-state index contributed by atoms with van der Waals surface area (Å²) in [7, 11) is 0. The van der Waals surface area contributed by atoms with E-state index in [4.69, 9.17) is 0 Å². The predicted molar refractivity (Wildman–Crippen MR) is 83.4 cm³/mol. The summed E-state index contributed by atoms with van der Waals surface area (Å²) in [6.07, 6.45) is 5.55. The van der Waals surface area contributed by atoms with Crippen molar-refractivity contribution in [1.82, 2.24) is 10.6 Å². The Morgan fingerprint density at radius 1 is 1.42 bits per heavy atom. The summed E-state index contributed by atoms with van der Waals surface area (Å²) in [6.45, 7) is 1.87. The molecule has 19 heavy (non-hydrogen) atoms. The second-order valence-corrected chi connectivity index (χ2v) is 5.45. The Morgan fingerprint density at radius 2 is 2.16 bits per heavy atom. The predicted octanol–water partition coefficient (Wildman–Crippen LogP) is 2.70. The van der Waals surface area contributed by atoms with Gasteiger partial charge in [0.05, 0.1) is 0 Å². The lowest BCUT2D eigenvalue weighted by Gasteiger charge is -2.10. The standard InChI is InChI=1S/C14H20N2OS.ClH/c1-18-13-6-4-11(5-7-13)14(17)16-10-8-12-3-2-9-15-12;/h4-7,12,15H,2-3,8-10H2,1H3,(H,16,17);1H/t12-;/m1./s1. The van der Waals surface area contributed by atoms with Crippen LogP contribution in [0.15, 0.2) is 29.2 Å². The minimum absolute atomic E-state index is 0. The monoisotopic (exact) mass is 300 g/mol. The Hall–Kier alpha value is -0.710. The lowest BCUT2D eigenvalue weighted by atomic mass is 10.1. The number of rotatable bonds is 5. The molecule has 0 aromatic heterocycles. The van der Waals surface area contributed by atoms with Gasteiger partial charge < -0.3 is 10.6 Å². The van der Waals surface area contributed by atoms with Gasteiger partial charge in [0, 0.05) is 23.0 Å². The van der Waals surface area contributed by atoms with E-state index in [1.165, 1.54) is 17.7 Å². The largest absolute Gasteiger partial charge is 0.352 e. The molecule has 5 heteroatoms. The van der Waals surface area contributed by atoms with Crippen LogP contribution >= 0.6 is 24.2 Å². The van der Waals surface area contributed by atoms with Crippen molar-refractivity contribution < 1.29 is 4.79 Å². The van der Waals surface area contributed by atoms with E-state index in [2.05, 4.69) is 10.6 Å². The molecule has 0 saturated carbocycles. The molecule has 0 bridgehead atoms. The van der Waals surface area contributed by atoms with Crippen molar-refractivity contribution in [2.75, 3.05) is 19.3 Å². The summed E-state index contributed by atoms with van der Waals surface area (Å²) >= 11 is 1.68. The number of halogens is 1. The topological polar surface area (TPSA) is 41.1 Å². The van der Waals surface area contributed by atoms with Crippen molar-refractivity contribution in [3.63, 3.8) is 0 Å². The van der Waals surface area contributed by atoms with Crippen LogP contribution in [0.2, 0.25) is 0 Å². The van der Waals surface area contributed by atoms with Gasteiger partial charge in [-0.2, -0.15) is 0 Å². The first-order valence-corrected chi connectivity index (χ1v) is 7.67. The number of nitrogens with one attached hydrogen (secondary N) is 2. The Labute approximate surface area is 125 Å². The molecule has 1 aliphatic heterocycles. The Kier molecular flexibility index (Phi) is 7.28. The molecule has 1 amide bonds. The Balaban J connectivity index is 0.00000180. The minimum atomic E-state index is 0. The van der Waals surface area contributed by atoms with Gasteiger partial charge in [-0.1, -0.05) is 0 Å². The zero-order chi connectivity index (χ0) is 12.8. The average molecular weight is 301 g/mol. The fraction of sp³-hybridized carbons (Fsp3) is 0.500. The van der Waals surface area contributed by atoms with Gasteiger partial charge in [-0.25, -0.2) is 0 Å². The molecule has 1 fully saturated rings. The van der Waals surface area contributed by atoms with Crippen molar-refractivity contribution >= 4 is 30.1 Å². The highest BCUT2D eigenvalue weighted by Gasteiger charge is 2.13. The minimum Gasteiger partial charge on any atom is -0.352 e. The number of amides is 1. The molecule has 0 spiro atoms. The maximum absolute atomic E-state index is 11.9. The van der Waals surface area contributed by atoms with Gasteiger partial charge in [-0.15, -0.1) is 24.2 Å². The molecule has 0 radical (unpaired) electrons. The zero-order valence-corrected chi connectivity index (χ0v) is 12.8. The summed E-state index contributed by atoms with van der Waals surface area (Å²) < 4.78 is 0. The number of carbonyl (C=O) groups excluding carboxylic acids is 1. The zero-order valence-electron chi connectivity index (χ0n) is 11.1. The molecular formula is C14H21ClN2OS. The van der Waals surface area contributed by atoms with Gasteiger partial charge in [0.25, 0.3) is 5.91 Å². The molecule has 1 aromatic carbocycles. The van der Waals surface area contributed by atoms with Crippen LogP contribution in [-0.2, 0) is 0 Å². The van der Waals surface area contributed by atoms with E-state index in [9.17, 15) is 4.79 Å². The van der Waals surface area contributed by atoms with Crippen LogP contribution in [0, 0.1) is 0 Å². The van der Waals surface area contributed by atoms with E-state index in [1.807, 2.05) is 30.5 Å². The summed E-state index contributed by atoms with van der Waals surface area (Å²) in [6, 6.07) is 8.32. The van der Waals surface area contributed by atoms with Crippen molar-refractivity contribution in [3.8, 4) is 0 Å². The van der Waals surface area contributed by atoms with Crippen LogP contribution in [0.5, 0.6) is 0 Å². The lowest BCUT2D eigenvalue weighted by Crippen LogP contribution is -2.30. The third-order valence-corrected chi connectivity index (χ3v) is 4.04. The Morgan fingerprint density at radius 3 is 2.74 bits per heavy atom. The van der Waals surface area contributed by atoms with Crippen LogP contribution in [-0.4, -0.2) is 31.3 Å². The van der Waals surface area contributed by atoms with Crippen molar-refractivity contribution in [2.45, 2.75) is 30.2 Å².